The number of hydrogen-bond donors (Lipinski definition) is 1. The Balaban J connectivity index is 1.37. The molecule has 27 heavy (non-hydrogen) atoms. The van der Waals surface area contributed by atoms with Crippen LogP contribution in [0.4, 0.5) is 4.39 Å². The molecular weight excluding hydrogens is 345 g/mol. The molecule has 3 heterocycles. The van der Waals surface area contributed by atoms with Crippen molar-refractivity contribution in [3.63, 3.8) is 0 Å². The highest BCUT2D eigenvalue weighted by atomic mass is 19.1. The second-order valence-electron chi connectivity index (χ2n) is 7.36. The topological polar surface area (TPSA) is 54.5 Å². The van der Waals surface area contributed by atoms with Gasteiger partial charge < -0.3 is 10.1 Å². The molecule has 0 spiro atoms. The summed E-state index contributed by atoms with van der Waals surface area (Å²) in [7, 11) is 0. The number of piperidine rings is 1. The van der Waals surface area contributed by atoms with Crippen LogP contribution in [0.25, 0.3) is 0 Å². The van der Waals surface area contributed by atoms with Crippen LogP contribution in [0.5, 0.6) is 5.75 Å². The van der Waals surface area contributed by atoms with Crippen LogP contribution in [0.15, 0.2) is 42.7 Å². The number of ether oxygens (including phenoxy) is 1. The lowest BCUT2D eigenvalue weighted by atomic mass is 9.93. The zero-order valence-electron chi connectivity index (χ0n) is 15.3. The van der Waals surface area contributed by atoms with Gasteiger partial charge in [0.1, 0.15) is 5.75 Å². The summed E-state index contributed by atoms with van der Waals surface area (Å²) >= 11 is 0. The zero-order valence-corrected chi connectivity index (χ0v) is 15.3. The normalized spacial score (nSPS) is 22.1. The fourth-order valence-corrected chi connectivity index (χ4v) is 3.85. The minimum Gasteiger partial charge on any atom is -0.493 e. The molecule has 1 amide bonds. The first kappa shape index (κ1) is 17.9. The van der Waals surface area contributed by atoms with Gasteiger partial charge in [-0.05, 0) is 54.3 Å². The van der Waals surface area contributed by atoms with Crippen LogP contribution in [-0.2, 0) is 24.3 Å². The number of hydrogen-bond acceptors (Lipinski definition) is 4. The first-order chi connectivity index (χ1) is 13.1. The molecule has 1 N–H and O–H groups in total. The largest absolute Gasteiger partial charge is 0.493 e. The molecule has 0 unspecified atom stereocenters. The number of pyridine rings is 1. The van der Waals surface area contributed by atoms with Crippen molar-refractivity contribution in [1.82, 2.24) is 15.2 Å². The smallest absolute Gasteiger partial charge is 0.259 e. The SMILES string of the molecule is O=C(NCc1ccncc1)[C@]1(F)CCCN(Cc2ccc3c(c2)CCO3)C1. The van der Waals surface area contributed by atoms with Gasteiger partial charge in [0, 0.05) is 38.4 Å². The monoisotopic (exact) mass is 369 g/mol. The molecule has 2 aromatic rings. The maximum Gasteiger partial charge on any atom is 0.259 e. The predicted molar refractivity (Wildman–Crippen MR) is 100 cm³/mol. The van der Waals surface area contributed by atoms with E-state index in [1.165, 1.54) is 5.56 Å². The average Bonchev–Trinajstić information content (AvgIpc) is 3.15. The number of alkyl halides is 1. The summed E-state index contributed by atoms with van der Waals surface area (Å²) in [5, 5.41) is 2.74. The molecule has 1 aromatic heterocycles. The van der Waals surface area contributed by atoms with E-state index in [4.69, 9.17) is 4.74 Å². The van der Waals surface area contributed by atoms with Crippen molar-refractivity contribution in [1.29, 1.82) is 0 Å². The van der Waals surface area contributed by atoms with E-state index < -0.39 is 11.6 Å². The third kappa shape index (κ3) is 4.11. The summed E-state index contributed by atoms with van der Waals surface area (Å²) in [6.45, 7) is 2.63. The number of amides is 1. The number of nitrogens with one attached hydrogen (secondary N) is 1. The van der Waals surface area contributed by atoms with Gasteiger partial charge in [-0.2, -0.15) is 0 Å². The summed E-state index contributed by atoms with van der Waals surface area (Å²) in [6, 6.07) is 9.79. The molecule has 0 bridgehead atoms. The van der Waals surface area contributed by atoms with Crippen LogP contribution in [-0.4, -0.2) is 41.2 Å². The number of rotatable bonds is 5. The van der Waals surface area contributed by atoms with Gasteiger partial charge in [0.25, 0.3) is 5.91 Å². The van der Waals surface area contributed by atoms with Crippen LogP contribution < -0.4 is 10.1 Å². The maximum atomic E-state index is 15.4. The van der Waals surface area contributed by atoms with Crippen LogP contribution in [0, 0.1) is 0 Å². The number of fused-ring (bicyclic) bond motifs is 1. The van der Waals surface area contributed by atoms with Crippen molar-refractivity contribution >= 4 is 5.91 Å². The Bertz CT molecular complexity index is 814. The van der Waals surface area contributed by atoms with Gasteiger partial charge >= 0.3 is 0 Å². The molecular formula is C21H24FN3O2. The quantitative estimate of drug-likeness (QED) is 0.880. The van der Waals surface area contributed by atoms with Crippen molar-refractivity contribution in [2.75, 3.05) is 19.7 Å². The van der Waals surface area contributed by atoms with Gasteiger partial charge in [0.2, 0.25) is 5.67 Å². The van der Waals surface area contributed by atoms with Crippen LogP contribution in [0.1, 0.15) is 29.5 Å². The second-order valence-corrected chi connectivity index (χ2v) is 7.36. The lowest BCUT2D eigenvalue weighted by Gasteiger charge is -2.36. The predicted octanol–water partition coefficient (Wildman–Crippen LogP) is 2.64. The van der Waals surface area contributed by atoms with E-state index in [9.17, 15) is 4.79 Å². The molecule has 6 heteroatoms. The van der Waals surface area contributed by atoms with Gasteiger partial charge in [-0.1, -0.05) is 12.1 Å². The van der Waals surface area contributed by atoms with E-state index in [0.29, 0.717) is 19.5 Å². The molecule has 2 aliphatic rings. The standard InChI is InChI=1S/C21H24FN3O2/c22-21(20(26)24-13-16-4-8-23-9-5-16)7-1-10-25(15-21)14-17-2-3-19-18(12-17)6-11-27-19/h2-5,8-9,12H,1,6-7,10-11,13-15H2,(H,24,26)/t21-/m0/s1. The van der Waals surface area contributed by atoms with Crippen molar-refractivity contribution in [2.24, 2.45) is 0 Å². The second kappa shape index (κ2) is 7.64. The van der Waals surface area contributed by atoms with Gasteiger partial charge in [-0.15, -0.1) is 0 Å². The lowest BCUT2D eigenvalue weighted by molar-refractivity contribution is -0.137. The number of nitrogens with zero attached hydrogens (tertiary/aromatic N) is 2. The molecule has 1 aromatic carbocycles. The first-order valence-electron chi connectivity index (χ1n) is 9.45. The Morgan fingerprint density at radius 1 is 1.26 bits per heavy atom. The molecule has 4 rings (SSSR count). The van der Waals surface area contributed by atoms with Crippen LogP contribution in [0.3, 0.4) is 0 Å². The van der Waals surface area contributed by atoms with E-state index in [1.54, 1.807) is 12.4 Å². The van der Waals surface area contributed by atoms with Crippen molar-refractivity contribution in [3.05, 3.63) is 59.4 Å². The molecule has 1 fully saturated rings. The third-order valence-corrected chi connectivity index (χ3v) is 5.29. The van der Waals surface area contributed by atoms with Crippen molar-refractivity contribution in [3.8, 4) is 5.75 Å². The number of halogens is 1. The van der Waals surface area contributed by atoms with Gasteiger partial charge in [-0.25, -0.2) is 4.39 Å². The number of benzene rings is 1. The van der Waals surface area contributed by atoms with E-state index in [-0.39, 0.29) is 13.0 Å². The summed E-state index contributed by atoms with van der Waals surface area (Å²) in [4.78, 5) is 18.5. The third-order valence-electron chi connectivity index (χ3n) is 5.29. The summed E-state index contributed by atoms with van der Waals surface area (Å²) in [5.74, 6) is 0.430. The number of carbonyl (C=O) groups excluding carboxylic acids is 1. The Morgan fingerprint density at radius 2 is 2.11 bits per heavy atom. The van der Waals surface area contributed by atoms with Gasteiger partial charge in [0.05, 0.1) is 6.61 Å². The molecule has 1 atom stereocenters. The molecule has 1 saturated heterocycles. The van der Waals surface area contributed by atoms with Crippen LogP contribution in [0.2, 0.25) is 0 Å². The Labute approximate surface area is 158 Å². The Morgan fingerprint density at radius 3 is 2.96 bits per heavy atom. The first-order valence-corrected chi connectivity index (χ1v) is 9.45. The van der Waals surface area contributed by atoms with Gasteiger partial charge in [-0.3, -0.25) is 14.7 Å². The summed E-state index contributed by atoms with van der Waals surface area (Å²) in [6.07, 6.45) is 5.19. The fraction of sp³-hybridized carbons (Fsp3) is 0.429. The maximum absolute atomic E-state index is 15.4. The highest BCUT2D eigenvalue weighted by Gasteiger charge is 2.42. The summed E-state index contributed by atoms with van der Waals surface area (Å²) in [5.41, 5.74) is 1.42. The van der Waals surface area contributed by atoms with E-state index in [2.05, 4.69) is 16.4 Å². The number of aromatic nitrogens is 1. The highest BCUT2D eigenvalue weighted by Crippen LogP contribution is 2.29. The van der Waals surface area contributed by atoms with E-state index in [1.807, 2.05) is 29.2 Å². The molecule has 5 nitrogen and oxygen atoms in total. The van der Waals surface area contributed by atoms with Crippen molar-refractivity contribution in [2.45, 2.75) is 38.0 Å². The van der Waals surface area contributed by atoms with Crippen molar-refractivity contribution < 1.29 is 13.9 Å². The highest BCUT2D eigenvalue weighted by molar-refractivity contribution is 5.85. The molecule has 2 aliphatic heterocycles. The lowest BCUT2D eigenvalue weighted by Crippen LogP contribution is -2.53. The minimum atomic E-state index is -1.84. The number of likely N-dealkylation sites (tertiary alicyclic amines) is 1. The van der Waals surface area contributed by atoms with E-state index >= 15 is 4.39 Å². The van der Waals surface area contributed by atoms with Gasteiger partial charge in [0.15, 0.2) is 0 Å². The van der Waals surface area contributed by atoms with Crippen LogP contribution >= 0.6 is 0 Å². The molecule has 142 valence electrons. The summed E-state index contributed by atoms with van der Waals surface area (Å²) < 4.78 is 20.9. The molecule has 0 aliphatic carbocycles. The fourth-order valence-electron chi connectivity index (χ4n) is 3.85. The molecule has 0 radical (unpaired) electrons. The Hall–Kier alpha value is -2.47. The molecule has 0 saturated carbocycles. The average molecular weight is 369 g/mol. The zero-order chi connectivity index (χ0) is 18.7. The number of carbonyl (C=O) groups is 1. The Kier molecular flexibility index (Phi) is 5.07. The minimum absolute atomic E-state index is 0.128. The van der Waals surface area contributed by atoms with E-state index in [0.717, 1.165) is 36.4 Å².